The van der Waals surface area contributed by atoms with Gasteiger partial charge in [0.05, 0.1) is 25.3 Å². The van der Waals surface area contributed by atoms with Crippen LogP contribution in [0.2, 0.25) is 0 Å². The molecule has 7 heteroatoms. The van der Waals surface area contributed by atoms with Crippen molar-refractivity contribution < 1.29 is 14.0 Å². The molecule has 0 aliphatic heterocycles. The maximum atomic E-state index is 12.5. The molecule has 6 nitrogen and oxygen atoms in total. The number of benzene rings is 1. The van der Waals surface area contributed by atoms with Crippen molar-refractivity contribution in [1.29, 1.82) is 0 Å². The Kier molecular flexibility index (Phi) is 4.17. The number of hydrogen-bond acceptors (Lipinski definition) is 5. The standard InChI is InChI=1S/C15H15N3O3S/c1-20-13-7-8-16-12(14(13)21-2)9-22(19)15-17-10-5-3-4-6-11(10)18-15/h3-8H,9H2,1-2H3,(H,17,18)/t22-/m0/s1. The maximum Gasteiger partial charge on any atom is 0.322 e. The number of para-hydroxylation sites is 2. The van der Waals surface area contributed by atoms with Crippen LogP contribution in [0.5, 0.6) is 11.5 Å². The average molecular weight is 317 g/mol. The molecular weight excluding hydrogens is 302 g/mol. The van der Waals surface area contributed by atoms with Crippen molar-refractivity contribution in [3.63, 3.8) is 0 Å². The van der Waals surface area contributed by atoms with Crippen molar-refractivity contribution in [2.75, 3.05) is 14.2 Å². The number of pyridine rings is 1. The van der Waals surface area contributed by atoms with Gasteiger partial charge >= 0.3 is 5.16 Å². The van der Waals surface area contributed by atoms with Crippen LogP contribution in [-0.2, 0) is 16.9 Å². The smallest absolute Gasteiger partial charge is 0.322 e. The van der Waals surface area contributed by atoms with Gasteiger partial charge in [0.15, 0.2) is 17.3 Å². The molecule has 1 N–H and O–H groups in total. The monoisotopic (exact) mass is 317 g/mol. The van der Waals surface area contributed by atoms with E-state index in [1.165, 1.54) is 7.11 Å². The molecule has 114 valence electrons. The van der Waals surface area contributed by atoms with E-state index in [1.807, 2.05) is 24.3 Å². The highest BCUT2D eigenvalue weighted by Gasteiger charge is 2.22. The number of imidazole rings is 1. The first-order valence-electron chi connectivity index (χ1n) is 6.62. The molecule has 0 aliphatic carbocycles. The third-order valence-corrected chi connectivity index (χ3v) is 4.38. The molecule has 0 fully saturated rings. The molecule has 1 aromatic carbocycles. The summed E-state index contributed by atoms with van der Waals surface area (Å²) in [4.78, 5) is 11.7. The van der Waals surface area contributed by atoms with Crippen LogP contribution in [-0.4, -0.2) is 33.7 Å². The minimum absolute atomic E-state index is 0.195. The van der Waals surface area contributed by atoms with Gasteiger partial charge in [-0.3, -0.25) is 9.97 Å². The van der Waals surface area contributed by atoms with Crippen LogP contribution in [0, 0.1) is 0 Å². The summed E-state index contributed by atoms with van der Waals surface area (Å²) in [6.07, 6.45) is 1.60. The first kappa shape index (κ1) is 14.7. The second kappa shape index (κ2) is 6.25. The van der Waals surface area contributed by atoms with Crippen molar-refractivity contribution in [3.8, 4) is 11.5 Å². The SMILES string of the molecule is COc1ccnc(C[S@+]([O-])c2nc3ccccc3[nH]2)c1OC. The number of methoxy groups -OCH3 is 2. The molecule has 2 heterocycles. The zero-order valence-electron chi connectivity index (χ0n) is 12.2. The van der Waals surface area contributed by atoms with E-state index in [1.54, 1.807) is 19.4 Å². The van der Waals surface area contributed by atoms with Gasteiger partial charge in [-0.25, -0.2) is 0 Å². The zero-order chi connectivity index (χ0) is 15.5. The Morgan fingerprint density at radius 2 is 2.00 bits per heavy atom. The lowest BCUT2D eigenvalue weighted by Gasteiger charge is -2.12. The molecular formula is C15H15N3O3S. The molecule has 0 aliphatic rings. The fourth-order valence-corrected chi connectivity index (χ4v) is 3.20. The lowest BCUT2D eigenvalue weighted by Crippen LogP contribution is -2.10. The van der Waals surface area contributed by atoms with Gasteiger partial charge in [-0.1, -0.05) is 12.1 Å². The quantitative estimate of drug-likeness (QED) is 0.730. The van der Waals surface area contributed by atoms with Crippen LogP contribution in [0.3, 0.4) is 0 Å². The number of H-pyrrole nitrogens is 1. The molecule has 3 aromatic rings. The van der Waals surface area contributed by atoms with Crippen LogP contribution in [0.25, 0.3) is 11.0 Å². The molecule has 2 aromatic heterocycles. The Bertz CT molecular complexity index is 758. The lowest BCUT2D eigenvalue weighted by atomic mass is 10.3. The minimum Gasteiger partial charge on any atom is -0.609 e. The predicted octanol–water partition coefficient (Wildman–Crippen LogP) is 2.28. The summed E-state index contributed by atoms with van der Waals surface area (Å²) >= 11 is -1.35. The number of nitrogens with one attached hydrogen (secondary N) is 1. The van der Waals surface area contributed by atoms with Crippen LogP contribution in [0.1, 0.15) is 5.69 Å². The molecule has 22 heavy (non-hydrogen) atoms. The van der Waals surface area contributed by atoms with Crippen molar-refractivity contribution >= 4 is 22.2 Å². The molecule has 0 saturated carbocycles. The highest BCUT2D eigenvalue weighted by atomic mass is 32.2. The fraction of sp³-hybridized carbons (Fsp3) is 0.200. The summed E-state index contributed by atoms with van der Waals surface area (Å²) in [5, 5.41) is 0.424. The summed E-state index contributed by atoms with van der Waals surface area (Å²) in [5.74, 6) is 1.25. The van der Waals surface area contributed by atoms with Gasteiger partial charge in [0.2, 0.25) is 0 Å². The number of hydrogen-bond donors (Lipinski definition) is 1. The van der Waals surface area contributed by atoms with Crippen molar-refractivity contribution in [3.05, 3.63) is 42.2 Å². The molecule has 0 amide bonds. The summed E-state index contributed by atoms with van der Waals surface area (Å²) in [5.41, 5.74) is 2.22. The van der Waals surface area contributed by atoms with Gasteiger partial charge in [0.1, 0.15) is 5.69 Å². The second-order valence-electron chi connectivity index (χ2n) is 4.54. The number of nitrogens with zero attached hydrogens (tertiary/aromatic N) is 2. The molecule has 0 saturated heterocycles. The van der Waals surface area contributed by atoms with Crippen LogP contribution in [0.4, 0.5) is 0 Å². The van der Waals surface area contributed by atoms with E-state index in [9.17, 15) is 4.55 Å². The van der Waals surface area contributed by atoms with E-state index in [2.05, 4.69) is 15.0 Å². The van der Waals surface area contributed by atoms with Crippen LogP contribution in [0.15, 0.2) is 41.7 Å². The molecule has 0 spiro atoms. The number of fused-ring (bicyclic) bond motifs is 1. The van der Waals surface area contributed by atoms with Gasteiger partial charge < -0.3 is 14.0 Å². The molecule has 0 radical (unpaired) electrons. The number of aromatic amines is 1. The minimum atomic E-state index is -1.35. The Labute approximate surface area is 130 Å². The predicted molar refractivity (Wildman–Crippen MR) is 83.5 cm³/mol. The third kappa shape index (κ3) is 2.72. The number of ether oxygens (including phenoxy) is 2. The highest BCUT2D eigenvalue weighted by molar-refractivity contribution is 7.90. The first-order chi connectivity index (χ1) is 10.7. The largest absolute Gasteiger partial charge is 0.609 e. The van der Waals surface area contributed by atoms with Crippen molar-refractivity contribution in [2.24, 2.45) is 0 Å². The van der Waals surface area contributed by atoms with Gasteiger partial charge in [0.25, 0.3) is 0 Å². The highest BCUT2D eigenvalue weighted by Crippen LogP contribution is 2.31. The van der Waals surface area contributed by atoms with Crippen LogP contribution >= 0.6 is 0 Å². The molecule has 3 rings (SSSR count). The van der Waals surface area contributed by atoms with Crippen LogP contribution < -0.4 is 9.47 Å². The summed E-state index contributed by atoms with van der Waals surface area (Å²) in [6.45, 7) is 0. The third-order valence-electron chi connectivity index (χ3n) is 3.22. The van der Waals surface area contributed by atoms with E-state index in [-0.39, 0.29) is 5.75 Å². The van der Waals surface area contributed by atoms with E-state index in [0.717, 1.165) is 11.0 Å². The number of rotatable bonds is 5. The number of aromatic nitrogens is 3. The van der Waals surface area contributed by atoms with Gasteiger partial charge in [-0.15, -0.1) is 0 Å². The first-order valence-corrected chi connectivity index (χ1v) is 7.94. The fourth-order valence-electron chi connectivity index (χ4n) is 2.18. The van der Waals surface area contributed by atoms with Gasteiger partial charge in [0, 0.05) is 23.4 Å². The van der Waals surface area contributed by atoms with E-state index >= 15 is 0 Å². The molecule has 0 bridgehead atoms. The van der Waals surface area contributed by atoms with Gasteiger partial charge in [-0.05, 0) is 12.1 Å². The lowest BCUT2D eigenvalue weighted by molar-refractivity contribution is 0.350. The molecule has 1 atom stereocenters. The Morgan fingerprint density at radius 3 is 2.73 bits per heavy atom. The summed E-state index contributed by atoms with van der Waals surface area (Å²) in [6, 6.07) is 9.26. The zero-order valence-corrected chi connectivity index (χ0v) is 13.0. The normalized spacial score (nSPS) is 12.3. The van der Waals surface area contributed by atoms with Crippen molar-refractivity contribution in [2.45, 2.75) is 10.9 Å². The van der Waals surface area contributed by atoms with Crippen molar-refractivity contribution in [1.82, 2.24) is 15.0 Å². The Morgan fingerprint density at radius 1 is 1.18 bits per heavy atom. The summed E-state index contributed by atoms with van der Waals surface area (Å²) in [7, 11) is 3.09. The van der Waals surface area contributed by atoms with E-state index in [0.29, 0.717) is 22.3 Å². The Hall–Kier alpha value is -2.25. The molecule has 0 unspecified atom stereocenters. The van der Waals surface area contributed by atoms with E-state index < -0.39 is 11.2 Å². The Balaban J connectivity index is 1.89. The second-order valence-corrected chi connectivity index (χ2v) is 5.91. The van der Waals surface area contributed by atoms with E-state index in [4.69, 9.17) is 9.47 Å². The van der Waals surface area contributed by atoms with Gasteiger partial charge in [-0.2, -0.15) is 4.98 Å². The summed E-state index contributed by atoms with van der Waals surface area (Å²) < 4.78 is 23.1. The maximum absolute atomic E-state index is 12.5. The topological polar surface area (TPSA) is 83.1 Å². The average Bonchev–Trinajstić information content (AvgIpc) is 2.98.